The van der Waals surface area contributed by atoms with Gasteiger partial charge in [-0.25, -0.2) is 9.37 Å². The fraction of sp³-hybridized carbons (Fsp3) is 0.158. The number of halogens is 2. The molecule has 2 N–H and O–H groups in total. The molecule has 1 heterocycles. The molecular weight excluding hydrogens is 373 g/mol. The molecule has 134 valence electrons. The van der Waals surface area contributed by atoms with Crippen LogP contribution in [0.15, 0.2) is 53.9 Å². The smallest absolute Gasteiger partial charge is 0.240 e. The van der Waals surface area contributed by atoms with Crippen molar-refractivity contribution >= 4 is 34.0 Å². The van der Waals surface area contributed by atoms with Crippen LogP contribution in [0.1, 0.15) is 18.5 Å². The van der Waals surface area contributed by atoms with Gasteiger partial charge in [-0.1, -0.05) is 29.8 Å². The number of nitrogens with zero attached hydrogens (tertiary/aromatic N) is 1. The van der Waals surface area contributed by atoms with E-state index >= 15 is 0 Å². The number of hydrogen-bond donors (Lipinski definition) is 2. The minimum absolute atomic E-state index is 0.0551. The first-order valence-corrected chi connectivity index (χ1v) is 9.28. The zero-order valence-electron chi connectivity index (χ0n) is 14.0. The SMILES string of the molecule is CC(NCC(=O)Nc1nc(-c2ccc(F)cc2)cs1)c1ccccc1Cl. The molecule has 1 unspecified atom stereocenters. The molecule has 0 bridgehead atoms. The van der Waals surface area contributed by atoms with Crippen LogP contribution in [0.3, 0.4) is 0 Å². The van der Waals surface area contributed by atoms with Gasteiger partial charge >= 0.3 is 0 Å². The van der Waals surface area contributed by atoms with Crippen molar-refractivity contribution in [1.29, 1.82) is 0 Å². The zero-order valence-corrected chi connectivity index (χ0v) is 15.6. The van der Waals surface area contributed by atoms with Crippen molar-refractivity contribution in [2.24, 2.45) is 0 Å². The van der Waals surface area contributed by atoms with Crippen molar-refractivity contribution in [1.82, 2.24) is 10.3 Å². The summed E-state index contributed by atoms with van der Waals surface area (Å²) in [4.78, 5) is 16.5. The van der Waals surface area contributed by atoms with Gasteiger partial charge in [0.25, 0.3) is 0 Å². The summed E-state index contributed by atoms with van der Waals surface area (Å²) in [6.45, 7) is 2.09. The molecule has 26 heavy (non-hydrogen) atoms. The Morgan fingerprint density at radius 1 is 1.23 bits per heavy atom. The Bertz CT molecular complexity index is 898. The van der Waals surface area contributed by atoms with Crippen LogP contribution in [0.4, 0.5) is 9.52 Å². The van der Waals surface area contributed by atoms with Gasteiger partial charge in [-0.3, -0.25) is 4.79 Å². The molecule has 0 aliphatic heterocycles. The highest BCUT2D eigenvalue weighted by molar-refractivity contribution is 7.14. The molecular formula is C19H17ClFN3OS. The second kappa shape index (κ2) is 8.40. The number of amides is 1. The molecule has 1 amide bonds. The van der Waals surface area contributed by atoms with E-state index in [2.05, 4.69) is 15.6 Å². The fourth-order valence-electron chi connectivity index (χ4n) is 2.43. The molecule has 1 atom stereocenters. The van der Waals surface area contributed by atoms with Crippen LogP contribution in [-0.2, 0) is 4.79 Å². The second-order valence-electron chi connectivity index (χ2n) is 5.72. The summed E-state index contributed by atoms with van der Waals surface area (Å²) in [5.74, 6) is -0.486. The van der Waals surface area contributed by atoms with Crippen molar-refractivity contribution < 1.29 is 9.18 Å². The lowest BCUT2D eigenvalue weighted by molar-refractivity contribution is -0.115. The fourth-order valence-corrected chi connectivity index (χ4v) is 3.47. The van der Waals surface area contributed by atoms with Gasteiger partial charge in [0, 0.05) is 22.0 Å². The van der Waals surface area contributed by atoms with Gasteiger partial charge in [0.1, 0.15) is 5.82 Å². The van der Waals surface area contributed by atoms with Crippen LogP contribution in [0.5, 0.6) is 0 Å². The molecule has 0 saturated heterocycles. The van der Waals surface area contributed by atoms with Crippen molar-refractivity contribution in [2.75, 3.05) is 11.9 Å². The number of carbonyl (C=O) groups excluding carboxylic acids is 1. The summed E-state index contributed by atoms with van der Waals surface area (Å²) < 4.78 is 13.0. The van der Waals surface area contributed by atoms with Crippen LogP contribution < -0.4 is 10.6 Å². The van der Waals surface area contributed by atoms with E-state index < -0.39 is 0 Å². The summed E-state index contributed by atoms with van der Waals surface area (Å²) in [6.07, 6.45) is 0. The molecule has 0 fully saturated rings. The molecule has 7 heteroatoms. The summed E-state index contributed by atoms with van der Waals surface area (Å²) in [7, 11) is 0. The van der Waals surface area contributed by atoms with Crippen LogP contribution >= 0.6 is 22.9 Å². The zero-order chi connectivity index (χ0) is 18.5. The molecule has 0 spiro atoms. The number of carbonyl (C=O) groups is 1. The number of hydrogen-bond acceptors (Lipinski definition) is 4. The van der Waals surface area contributed by atoms with Crippen LogP contribution in [0, 0.1) is 5.82 Å². The summed E-state index contributed by atoms with van der Waals surface area (Å²) in [6, 6.07) is 13.5. The van der Waals surface area contributed by atoms with E-state index in [4.69, 9.17) is 11.6 Å². The van der Waals surface area contributed by atoms with Crippen molar-refractivity contribution in [2.45, 2.75) is 13.0 Å². The Labute approximate surface area is 160 Å². The average molecular weight is 390 g/mol. The minimum Gasteiger partial charge on any atom is -0.302 e. The van der Waals surface area contributed by atoms with E-state index in [-0.39, 0.29) is 24.3 Å². The van der Waals surface area contributed by atoms with Crippen LogP contribution in [-0.4, -0.2) is 17.4 Å². The monoisotopic (exact) mass is 389 g/mol. The van der Waals surface area contributed by atoms with E-state index in [0.29, 0.717) is 15.8 Å². The topological polar surface area (TPSA) is 54.0 Å². The first-order chi connectivity index (χ1) is 12.5. The summed E-state index contributed by atoms with van der Waals surface area (Å²) in [5.41, 5.74) is 2.44. The molecule has 2 aromatic carbocycles. The molecule has 0 saturated carbocycles. The highest BCUT2D eigenvalue weighted by atomic mass is 35.5. The Hall–Kier alpha value is -2.28. The molecule has 0 radical (unpaired) electrons. The Morgan fingerprint density at radius 3 is 2.69 bits per heavy atom. The van der Waals surface area contributed by atoms with Gasteiger partial charge in [-0.2, -0.15) is 0 Å². The normalized spacial score (nSPS) is 12.0. The predicted molar refractivity (Wildman–Crippen MR) is 104 cm³/mol. The van der Waals surface area contributed by atoms with E-state index in [9.17, 15) is 9.18 Å². The van der Waals surface area contributed by atoms with Gasteiger partial charge < -0.3 is 10.6 Å². The number of rotatable bonds is 6. The number of thiazole rings is 1. The van der Waals surface area contributed by atoms with Gasteiger partial charge in [-0.05, 0) is 42.8 Å². The summed E-state index contributed by atoms with van der Waals surface area (Å²) >= 11 is 7.49. The third-order valence-electron chi connectivity index (χ3n) is 3.83. The van der Waals surface area contributed by atoms with E-state index in [1.54, 1.807) is 12.1 Å². The van der Waals surface area contributed by atoms with Crippen LogP contribution in [0.25, 0.3) is 11.3 Å². The molecule has 0 aliphatic rings. The number of nitrogens with one attached hydrogen (secondary N) is 2. The Balaban J connectivity index is 1.55. The molecule has 1 aromatic heterocycles. The molecule has 3 aromatic rings. The van der Waals surface area contributed by atoms with E-state index in [1.807, 2.05) is 36.6 Å². The summed E-state index contributed by atoms with van der Waals surface area (Å²) in [5, 5.41) is 8.89. The predicted octanol–water partition coefficient (Wildman–Crippen LogP) is 4.89. The van der Waals surface area contributed by atoms with Gasteiger partial charge in [0.05, 0.1) is 12.2 Å². The van der Waals surface area contributed by atoms with E-state index in [0.717, 1.165) is 11.1 Å². The highest BCUT2D eigenvalue weighted by Gasteiger charge is 2.12. The quantitative estimate of drug-likeness (QED) is 0.631. The third kappa shape index (κ3) is 4.66. The number of benzene rings is 2. The maximum absolute atomic E-state index is 13.0. The van der Waals surface area contributed by atoms with Crippen molar-refractivity contribution in [3.63, 3.8) is 0 Å². The Kier molecular flexibility index (Phi) is 5.98. The number of aromatic nitrogens is 1. The van der Waals surface area contributed by atoms with Gasteiger partial charge in [-0.15, -0.1) is 11.3 Å². The lowest BCUT2D eigenvalue weighted by Crippen LogP contribution is -2.30. The van der Waals surface area contributed by atoms with Gasteiger partial charge in [0.15, 0.2) is 5.13 Å². The molecule has 4 nitrogen and oxygen atoms in total. The maximum Gasteiger partial charge on any atom is 0.240 e. The largest absolute Gasteiger partial charge is 0.302 e. The molecule has 0 aliphatic carbocycles. The second-order valence-corrected chi connectivity index (χ2v) is 6.98. The van der Waals surface area contributed by atoms with Gasteiger partial charge in [0.2, 0.25) is 5.91 Å². The van der Waals surface area contributed by atoms with Crippen molar-refractivity contribution in [3.8, 4) is 11.3 Å². The maximum atomic E-state index is 13.0. The average Bonchev–Trinajstić information content (AvgIpc) is 3.09. The number of anilines is 1. The first kappa shape index (κ1) is 18.5. The Morgan fingerprint density at radius 2 is 1.96 bits per heavy atom. The third-order valence-corrected chi connectivity index (χ3v) is 4.93. The lowest BCUT2D eigenvalue weighted by atomic mass is 10.1. The first-order valence-electron chi connectivity index (χ1n) is 8.02. The highest BCUT2D eigenvalue weighted by Crippen LogP contribution is 2.25. The molecule has 3 rings (SSSR count). The van der Waals surface area contributed by atoms with Crippen LogP contribution in [0.2, 0.25) is 5.02 Å². The standard InChI is InChI=1S/C19H17ClFN3OS/c1-12(15-4-2-3-5-16(15)20)22-10-18(25)24-19-23-17(11-26-19)13-6-8-14(21)9-7-13/h2-9,11-12,22H,10H2,1H3,(H,23,24,25). The van der Waals surface area contributed by atoms with Crippen molar-refractivity contribution in [3.05, 3.63) is 70.3 Å². The minimum atomic E-state index is -0.295. The lowest BCUT2D eigenvalue weighted by Gasteiger charge is -2.15. The van der Waals surface area contributed by atoms with E-state index in [1.165, 1.54) is 23.5 Å².